The van der Waals surface area contributed by atoms with Crippen LogP contribution in [0.1, 0.15) is 21.0 Å². The van der Waals surface area contributed by atoms with E-state index in [0.29, 0.717) is 12.5 Å². The number of aromatic nitrogens is 1. The van der Waals surface area contributed by atoms with E-state index in [0.717, 1.165) is 17.1 Å². The minimum Gasteiger partial charge on any atom is -0.370 e. The Labute approximate surface area is 123 Å². The maximum atomic E-state index is 5.90. The van der Waals surface area contributed by atoms with Crippen LogP contribution in [0.3, 0.4) is 0 Å². The van der Waals surface area contributed by atoms with Gasteiger partial charge in [0.25, 0.3) is 0 Å². The van der Waals surface area contributed by atoms with E-state index in [-0.39, 0.29) is 0 Å². The van der Waals surface area contributed by atoms with Gasteiger partial charge in [-0.15, -0.1) is 11.3 Å². The van der Waals surface area contributed by atoms with Crippen molar-refractivity contribution in [2.75, 3.05) is 11.9 Å². The Hall–Kier alpha value is -1.88. The summed E-state index contributed by atoms with van der Waals surface area (Å²) in [6.07, 6.45) is 2.72. The molecule has 0 saturated heterocycles. The molecule has 0 fully saturated rings. The molecule has 1 aromatic heterocycles. The van der Waals surface area contributed by atoms with Crippen LogP contribution in [-0.2, 0) is 6.42 Å². The quantitative estimate of drug-likeness (QED) is 0.671. The first-order valence-electron chi connectivity index (χ1n) is 6.59. The van der Waals surface area contributed by atoms with Gasteiger partial charge in [-0.2, -0.15) is 0 Å². The molecule has 0 saturated carbocycles. The van der Waals surface area contributed by atoms with Crippen molar-refractivity contribution in [3.63, 3.8) is 0 Å². The van der Waals surface area contributed by atoms with Gasteiger partial charge < -0.3 is 11.1 Å². The fourth-order valence-corrected chi connectivity index (χ4v) is 2.80. The summed E-state index contributed by atoms with van der Waals surface area (Å²) in [5.74, 6) is 0.447. The van der Waals surface area contributed by atoms with Crippen molar-refractivity contribution in [1.82, 2.24) is 4.98 Å². The van der Waals surface area contributed by atoms with Gasteiger partial charge in [-0.25, -0.2) is 4.98 Å². The van der Waals surface area contributed by atoms with Crippen molar-refractivity contribution in [2.45, 2.75) is 27.2 Å². The molecule has 0 aliphatic carbocycles. The van der Waals surface area contributed by atoms with Crippen LogP contribution in [0.5, 0.6) is 0 Å². The molecule has 0 bridgehead atoms. The Bertz CT molecular complexity index is 596. The van der Waals surface area contributed by atoms with Crippen molar-refractivity contribution in [3.05, 3.63) is 45.4 Å². The number of hydrogen-bond donors (Lipinski definition) is 2. The number of aryl methyl sites for hydroxylation is 3. The van der Waals surface area contributed by atoms with E-state index in [1.807, 2.05) is 6.20 Å². The molecule has 2 rings (SSSR count). The Morgan fingerprint density at radius 2 is 1.95 bits per heavy atom. The van der Waals surface area contributed by atoms with Crippen LogP contribution in [0.15, 0.2) is 29.4 Å². The van der Waals surface area contributed by atoms with E-state index in [1.165, 1.54) is 16.0 Å². The number of nitrogens with zero attached hydrogens (tertiary/aromatic N) is 2. The maximum Gasteiger partial charge on any atom is 0.193 e. The van der Waals surface area contributed by atoms with Gasteiger partial charge in [-0.05, 0) is 44.0 Å². The molecule has 106 valence electrons. The minimum absolute atomic E-state index is 0.447. The van der Waals surface area contributed by atoms with Gasteiger partial charge in [-0.3, -0.25) is 4.99 Å². The number of nitrogens with one attached hydrogen (secondary N) is 1. The SMILES string of the molecule is Cc1cc(C)cc(NC(N)=NCCc2ncc(C)s2)c1. The summed E-state index contributed by atoms with van der Waals surface area (Å²) in [6, 6.07) is 6.24. The molecule has 0 amide bonds. The van der Waals surface area contributed by atoms with Gasteiger partial charge >= 0.3 is 0 Å². The van der Waals surface area contributed by atoms with Gasteiger partial charge in [0.2, 0.25) is 0 Å². The number of thiazole rings is 1. The summed E-state index contributed by atoms with van der Waals surface area (Å²) >= 11 is 1.71. The molecule has 1 aromatic carbocycles. The molecule has 5 heteroatoms. The third-order valence-electron chi connectivity index (χ3n) is 2.77. The Morgan fingerprint density at radius 1 is 1.25 bits per heavy atom. The van der Waals surface area contributed by atoms with E-state index in [2.05, 4.69) is 54.3 Å². The first-order chi connectivity index (χ1) is 9.52. The van der Waals surface area contributed by atoms with E-state index >= 15 is 0 Å². The second-order valence-corrected chi connectivity index (χ2v) is 6.20. The molecule has 0 aliphatic rings. The average molecular weight is 288 g/mol. The van der Waals surface area contributed by atoms with Gasteiger partial charge in [-0.1, -0.05) is 6.07 Å². The maximum absolute atomic E-state index is 5.90. The summed E-state index contributed by atoms with van der Waals surface area (Å²) in [7, 11) is 0. The van der Waals surface area contributed by atoms with Crippen molar-refractivity contribution >= 4 is 23.0 Å². The number of benzene rings is 1. The molecule has 0 aliphatic heterocycles. The van der Waals surface area contributed by atoms with Crippen molar-refractivity contribution in [3.8, 4) is 0 Å². The van der Waals surface area contributed by atoms with Crippen LogP contribution >= 0.6 is 11.3 Å². The minimum atomic E-state index is 0.447. The lowest BCUT2D eigenvalue weighted by molar-refractivity contribution is 0.949. The zero-order chi connectivity index (χ0) is 14.5. The van der Waals surface area contributed by atoms with Gasteiger partial charge in [0.15, 0.2) is 5.96 Å². The first-order valence-corrected chi connectivity index (χ1v) is 7.41. The van der Waals surface area contributed by atoms with E-state index in [1.54, 1.807) is 11.3 Å². The molecule has 4 nitrogen and oxygen atoms in total. The fourth-order valence-electron chi connectivity index (χ4n) is 2.02. The van der Waals surface area contributed by atoms with Crippen LogP contribution in [0.2, 0.25) is 0 Å². The highest BCUT2D eigenvalue weighted by molar-refractivity contribution is 7.11. The highest BCUT2D eigenvalue weighted by atomic mass is 32.1. The van der Waals surface area contributed by atoms with Gasteiger partial charge in [0.05, 0.1) is 5.01 Å². The standard InChI is InChI=1S/C15H20N4S/c1-10-6-11(2)8-13(7-10)19-15(16)17-5-4-14-18-9-12(3)20-14/h6-9H,4-5H2,1-3H3,(H3,16,17,19). The molecule has 0 spiro atoms. The fraction of sp³-hybridized carbons (Fsp3) is 0.333. The lowest BCUT2D eigenvalue weighted by atomic mass is 10.1. The first kappa shape index (κ1) is 14.5. The smallest absolute Gasteiger partial charge is 0.193 e. The number of guanidine groups is 1. The van der Waals surface area contributed by atoms with Crippen LogP contribution in [-0.4, -0.2) is 17.5 Å². The van der Waals surface area contributed by atoms with Crippen molar-refractivity contribution in [1.29, 1.82) is 0 Å². The predicted octanol–water partition coefficient (Wildman–Crippen LogP) is 3.04. The molecule has 2 aromatic rings. The molecule has 0 radical (unpaired) electrons. The summed E-state index contributed by atoms with van der Waals surface area (Å²) in [5.41, 5.74) is 9.29. The summed E-state index contributed by atoms with van der Waals surface area (Å²) in [6.45, 7) is 6.84. The normalized spacial score (nSPS) is 11.7. The largest absolute Gasteiger partial charge is 0.370 e. The molecule has 1 heterocycles. The highest BCUT2D eigenvalue weighted by Crippen LogP contribution is 2.14. The topological polar surface area (TPSA) is 63.3 Å². The van der Waals surface area contributed by atoms with Gasteiger partial charge in [0.1, 0.15) is 0 Å². The summed E-state index contributed by atoms with van der Waals surface area (Å²) in [5, 5.41) is 4.23. The second-order valence-electron chi connectivity index (χ2n) is 4.88. The second kappa shape index (κ2) is 6.52. The van der Waals surface area contributed by atoms with Crippen LogP contribution < -0.4 is 11.1 Å². The molecular weight excluding hydrogens is 268 g/mol. The van der Waals surface area contributed by atoms with Crippen LogP contribution in [0, 0.1) is 20.8 Å². The lowest BCUT2D eigenvalue weighted by Crippen LogP contribution is -2.23. The molecular formula is C15H20N4S. The zero-order valence-electron chi connectivity index (χ0n) is 12.1. The number of aliphatic imine (C=N–C) groups is 1. The van der Waals surface area contributed by atoms with Crippen molar-refractivity contribution < 1.29 is 0 Å². The molecule has 20 heavy (non-hydrogen) atoms. The average Bonchev–Trinajstić information content (AvgIpc) is 2.73. The number of rotatable bonds is 4. The lowest BCUT2D eigenvalue weighted by Gasteiger charge is -2.07. The number of anilines is 1. The van der Waals surface area contributed by atoms with E-state index in [4.69, 9.17) is 5.73 Å². The predicted molar refractivity (Wildman–Crippen MR) is 86.6 cm³/mol. The van der Waals surface area contributed by atoms with E-state index < -0.39 is 0 Å². The molecule has 3 N–H and O–H groups in total. The molecule has 0 unspecified atom stereocenters. The third-order valence-corrected chi connectivity index (χ3v) is 3.74. The molecule has 0 atom stereocenters. The Kier molecular flexibility index (Phi) is 4.74. The Balaban J connectivity index is 1.90. The van der Waals surface area contributed by atoms with Crippen LogP contribution in [0.25, 0.3) is 0 Å². The highest BCUT2D eigenvalue weighted by Gasteiger charge is 2.00. The zero-order valence-corrected chi connectivity index (χ0v) is 12.9. The monoisotopic (exact) mass is 288 g/mol. The number of nitrogens with two attached hydrogens (primary N) is 1. The van der Waals surface area contributed by atoms with Crippen LogP contribution in [0.4, 0.5) is 5.69 Å². The Morgan fingerprint density at radius 3 is 2.55 bits per heavy atom. The van der Waals surface area contributed by atoms with Crippen molar-refractivity contribution in [2.24, 2.45) is 10.7 Å². The van der Waals surface area contributed by atoms with Gasteiger partial charge in [0, 0.05) is 29.7 Å². The van der Waals surface area contributed by atoms with E-state index in [9.17, 15) is 0 Å². The summed E-state index contributed by atoms with van der Waals surface area (Å²) < 4.78 is 0. The number of hydrogen-bond acceptors (Lipinski definition) is 3. The summed E-state index contributed by atoms with van der Waals surface area (Å²) in [4.78, 5) is 9.87. The third kappa shape index (κ3) is 4.35.